The Kier molecular flexibility index (Phi) is 6.83. The lowest BCUT2D eigenvalue weighted by Crippen LogP contribution is -2.29. The quantitative estimate of drug-likeness (QED) is 0.403. The highest BCUT2D eigenvalue weighted by Gasteiger charge is 2.36. The number of amidine groups is 1. The van der Waals surface area contributed by atoms with E-state index in [4.69, 9.17) is 37.7 Å². The fourth-order valence-corrected chi connectivity index (χ4v) is 4.71. The molecule has 1 fully saturated rings. The lowest BCUT2D eigenvalue weighted by molar-refractivity contribution is -0.113. The molecule has 4 rings (SSSR count). The van der Waals surface area contributed by atoms with E-state index in [0.717, 1.165) is 0 Å². The van der Waals surface area contributed by atoms with Gasteiger partial charge in [0, 0.05) is 0 Å². The Labute approximate surface area is 205 Å². The summed E-state index contributed by atoms with van der Waals surface area (Å²) in [5.74, 6) is 0.599. The van der Waals surface area contributed by atoms with Crippen LogP contribution in [0.4, 0.5) is 11.4 Å². The number of methoxy groups -OCH3 is 2. The van der Waals surface area contributed by atoms with Crippen LogP contribution in [-0.2, 0) is 4.79 Å². The molecule has 1 N–H and O–H groups in total. The van der Waals surface area contributed by atoms with Gasteiger partial charge in [0.15, 0.2) is 10.9 Å². The van der Waals surface area contributed by atoms with Crippen LogP contribution >= 0.6 is 35.0 Å². The number of anilines is 1. The average Bonchev–Trinajstić information content (AvgIpc) is 3.11. The van der Waals surface area contributed by atoms with Crippen molar-refractivity contribution in [2.24, 2.45) is 4.99 Å². The molecule has 33 heavy (non-hydrogen) atoms. The van der Waals surface area contributed by atoms with E-state index >= 15 is 0 Å². The van der Waals surface area contributed by atoms with E-state index in [0.29, 0.717) is 38.5 Å². The molecule has 9 heteroatoms. The van der Waals surface area contributed by atoms with Crippen LogP contribution < -0.4 is 14.4 Å². The fraction of sp³-hybridized carbons (Fsp3) is 0.0833. The Hall–Kier alpha value is -3.13. The summed E-state index contributed by atoms with van der Waals surface area (Å²) >= 11 is 13.3. The third-order valence-corrected chi connectivity index (χ3v) is 6.32. The summed E-state index contributed by atoms with van der Waals surface area (Å²) in [6, 6.07) is 17.6. The maximum absolute atomic E-state index is 13.5. The van der Waals surface area contributed by atoms with E-state index in [-0.39, 0.29) is 21.7 Å². The molecule has 0 bridgehead atoms. The molecule has 0 spiro atoms. The van der Waals surface area contributed by atoms with Crippen molar-refractivity contribution in [3.05, 3.63) is 81.2 Å². The van der Waals surface area contributed by atoms with Crippen molar-refractivity contribution in [1.29, 1.82) is 0 Å². The maximum Gasteiger partial charge on any atom is 0.271 e. The number of amides is 1. The van der Waals surface area contributed by atoms with Crippen molar-refractivity contribution < 1.29 is 19.4 Å². The first kappa shape index (κ1) is 23.0. The second-order valence-electron chi connectivity index (χ2n) is 6.82. The topological polar surface area (TPSA) is 71.4 Å². The van der Waals surface area contributed by atoms with Crippen LogP contribution in [0.25, 0.3) is 6.08 Å². The minimum absolute atomic E-state index is 0.0919. The average molecular weight is 501 g/mol. The number of hydrogen-bond donors (Lipinski definition) is 1. The van der Waals surface area contributed by atoms with Crippen molar-refractivity contribution in [3.8, 4) is 17.2 Å². The van der Waals surface area contributed by atoms with Gasteiger partial charge in [-0.25, -0.2) is 4.99 Å². The smallest absolute Gasteiger partial charge is 0.271 e. The second kappa shape index (κ2) is 9.79. The Morgan fingerprint density at radius 3 is 2.24 bits per heavy atom. The molecule has 1 heterocycles. The number of nitrogens with zero attached hydrogens (tertiary/aromatic N) is 2. The number of phenols is 1. The van der Waals surface area contributed by atoms with E-state index in [1.54, 1.807) is 44.6 Å². The highest BCUT2D eigenvalue weighted by molar-refractivity contribution is 8.19. The van der Waals surface area contributed by atoms with Crippen molar-refractivity contribution in [2.75, 3.05) is 19.1 Å². The number of aromatic hydroxyl groups is 1. The van der Waals surface area contributed by atoms with Crippen LogP contribution in [-0.4, -0.2) is 30.4 Å². The maximum atomic E-state index is 13.5. The molecule has 1 saturated heterocycles. The van der Waals surface area contributed by atoms with E-state index < -0.39 is 0 Å². The number of ether oxygens (including phenoxy) is 2. The van der Waals surface area contributed by atoms with E-state index in [1.807, 2.05) is 24.3 Å². The van der Waals surface area contributed by atoms with E-state index in [2.05, 4.69) is 0 Å². The number of benzene rings is 3. The lowest BCUT2D eigenvalue weighted by Gasteiger charge is -2.18. The SMILES string of the molecule is COc1ccccc1N=C1S/C(=C\c2cc(Cl)c(O)c(Cl)c2)C(=O)N1c1ccccc1OC. The molecule has 168 valence electrons. The van der Waals surface area contributed by atoms with Gasteiger partial charge in [0.25, 0.3) is 5.91 Å². The van der Waals surface area contributed by atoms with Crippen molar-refractivity contribution in [3.63, 3.8) is 0 Å². The molecule has 1 amide bonds. The third kappa shape index (κ3) is 4.66. The summed E-state index contributed by atoms with van der Waals surface area (Å²) in [5, 5.41) is 10.4. The summed E-state index contributed by atoms with van der Waals surface area (Å²) in [5.41, 5.74) is 1.70. The molecule has 3 aromatic carbocycles. The van der Waals surface area contributed by atoms with E-state index in [9.17, 15) is 9.90 Å². The number of rotatable bonds is 5. The predicted molar refractivity (Wildman–Crippen MR) is 134 cm³/mol. The number of para-hydroxylation sites is 4. The van der Waals surface area contributed by atoms with E-state index in [1.165, 1.54) is 28.8 Å². The Morgan fingerprint density at radius 2 is 1.58 bits per heavy atom. The van der Waals surface area contributed by atoms with Crippen LogP contribution in [0.3, 0.4) is 0 Å². The molecule has 0 atom stereocenters. The summed E-state index contributed by atoms with van der Waals surface area (Å²) in [6.45, 7) is 0. The Balaban J connectivity index is 1.85. The summed E-state index contributed by atoms with van der Waals surface area (Å²) in [4.78, 5) is 20.1. The zero-order chi connectivity index (χ0) is 23.5. The zero-order valence-electron chi connectivity index (χ0n) is 17.6. The molecule has 0 radical (unpaired) electrons. The largest absolute Gasteiger partial charge is 0.505 e. The van der Waals surface area contributed by atoms with Gasteiger partial charge in [0.1, 0.15) is 17.2 Å². The highest BCUT2D eigenvalue weighted by Crippen LogP contribution is 2.42. The molecular weight excluding hydrogens is 483 g/mol. The number of carbonyl (C=O) groups excluding carboxylic acids is 1. The monoisotopic (exact) mass is 500 g/mol. The summed E-state index contributed by atoms with van der Waals surface area (Å²) in [7, 11) is 3.11. The van der Waals surface area contributed by atoms with Crippen molar-refractivity contribution >= 4 is 63.5 Å². The number of carbonyl (C=O) groups is 1. The predicted octanol–water partition coefficient (Wildman–Crippen LogP) is 6.52. The third-order valence-electron chi connectivity index (χ3n) is 4.77. The minimum atomic E-state index is -0.293. The number of aliphatic imine (C=N–C) groups is 1. The molecule has 0 unspecified atom stereocenters. The molecular formula is C24H18Cl2N2O4S. The van der Waals surface area contributed by atoms with Gasteiger partial charge in [-0.3, -0.25) is 9.69 Å². The first-order chi connectivity index (χ1) is 15.9. The van der Waals surface area contributed by atoms with Crippen LogP contribution in [0.15, 0.2) is 70.6 Å². The normalized spacial score (nSPS) is 16.0. The van der Waals surface area contributed by atoms with Crippen LogP contribution in [0.2, 0.25) is 10.0 Å². The van der Waals surface area contributed by atoms with Crippen LogP contribution in [0, 0.1) is 0 Å². The molecule has 1 aliphatic heterocycles. The van der Waals surface area contributed by atoms with Crippen LogP contribution in [0.1, 0.15) is 5.56 Å². The van der Waals surface area contributed by atoms with Gasteiger partial charge >= 0.3 is 0 Å². The first-order valence-electron chi connectivity index (χ1n) is 9.69. The van der Waals surface area contributed by atoms with Crippen LogP contribution in [0.5, 0.6) is 17.2 Å². The minimum Gasteiger partial charge on any atom is -0.505 e. The molecule has 1 aliphatic rings. The van der Waals surface area contributed by atoms with Gasteiger partial charge in [-0.15, -0.1) is 0 Å². The number of thioether (sulfide) groups is 1. The molecule has 0 aromatic heterocycles. The van der Waals surface area contributed by atoms with Gasteiger partial charge in [0.05, 0.1) is 34.9 Å². The highest BCUT2D eigenvalue weighted by atomic mass is 35.5. The standard InChI is InChI=1S/C24H18Cl2N2O4S/c1-31-19-9-5-3-7-17(19)27-24-28(18-8-4-6-10-20(18)32-2)23(30)21(33-24)13-14-11-15(25)22(29)16(26)12-14/h3-13,29H,1-2H3/b21-13-,27-24?. The van der Waals surface area contributed by atoms with Gasteiger partial charge < -0.3 is 14.6 Å². The summed E-state index contributed by atoms with van der Waals surface area (Å²) < 4.78 is 10.9. The van der Waals surface area contributed by atoms with Gasteiger partial charge in [0.2, 0.25) is 0 Å². The van der Waals surface area contributed by atoms with Gasteiger partial charge in [-0.1, -0.05) is 47.5 Å². The molecule has 0 aliphatic carbocycles. The fourth-order valence-electron chi connectivity index (χ4n) is 3.22. The number of hydrogen-bond acceptors (Lipinski definition) is 6. The van der Waals surface area contributed by atoms with Gasteiger partial charge in [-0.2, -0.15) is 0 Å². The number of phenolic OH excluding ortho intramolecular Hbond substituents is 1. The molecule has 3 aromatic rings. The Morgan fingerprint density at radius 1 is 0.970 bits per heavy atom. The zero-order valence-corrected chi connectivity index (χ0v) is 19.9. The first-order valence-corrected chi connectivity index (χ1v) is 11.3. The lowest BCUT2D eigenvalue weighted by atomic mass is 10.2. The number of halogens is 2. The summed E-state index contributed by atoms with van der Waals surface area (Å²) in [6.07, 6.45) is 1.65. The molecule has 0 saturated carbocycles. The molecule has 6 nitrogen and oxygen atoms in total. The Bertz CT molecular complexity index is 1270. The second-order valence-corrected chi connectivity index (χ2v) is 8.65. The van der Waals surface area contributed by atoms with Gasteiger partial charge in [-0.05, 0) is 59.8 Å². The van der Waals surface area contributed by atoms with Crippen molar-refractivity contribution in [1.82, 2.24) is 0 Å². The van der Waals surface area contributed by atoms with Crippen molar-refractivity contribution in [2.45, 2.75) is 0 Å².